The molecule has 0 radical (unpaired) electrons. The number of carbonyl (C=O) groups is 1. The third-order valence-electron chi connectivity index (χ3n) is 2.04. The second-order valence-corrected chi connectivity index (χ2v) is 4.92. The zero-order valence-corrected chi connectivity index (χ0v) is 11.6. The SMILES string of the molecule is CC(=NO)c1csc(NC(=O)c2ccc(Br)o2)n1. The Bertz CT molecular complexity index is 605. The lowest BCUT2D eigenvalue weighted by Gasteiger charge is -1.97. The Balaban J connectivity index is 2.10. The molecule has 94 valence electrons. The number of hydrogen-bond donors (Lipinski definition) is 2. The fraction of sp³-hybridized carbons (Fsp3) is 0.100. The highest BCUT2D eigenvalue weighted by atomic mass is 79.9. The fourth-order valence-electron chi connectivity index (χ4n) is 1.14. The minimum Gasteiger partial charge on any atom is -0.444 e. The molecule has 2 aromatic rings. The van der Waals surface area contributed by atoms with Gasteiger partial charge in [-0.1, -0.05) is 5.16 Å². The molecule has 2 N–H and O–H groups in total. The first-order valence-electron chi connectivity index (χ1n) is 4.81. The Kier molecular flexibility index (Phi) is 3.78. The molecule has 2 aromatic heterocycles. The second-order valence-electron chi connectivity index (χ2n) is 3.28. The van der Waals surface area contributed by atoms with Crippen LogP contribution in [0.5, 0.6) is 0 Å². The molecule has 0 fully saturated rings. The lowest BCUT2D eigenvalue weighted by Crippen LogP contribution is -2.10. The molecule has 8 heteroatoms. The van der Waals surface area contributed by atoms with Crippen molar-refractivity contribution in [3.05, 3.63) is 33.6 Å². The summed E-state index contributed by atoms with van der Waals surface area (Å²) < 4.78 is 5.59. The molecule has 0 unspecified atom stereocenters. The highest BCUT2D eigenvalue weighted by Gasteiger charge is 2.13. The molecule has 2 rings (SSSR count). The summed E-state index contributed by atoms with van der Waals surface area (Å²) >= 11 is 4.35. The summed E-state index contributed by atoms with van der Waals surface area (Å²) in [5.41, 5.74) is 0.894. The van der Waals surface area contributed by atoms with Crippen LogP contribution in [0.15, 0.2) is 31.8 Å². The third kappa shape index (κ3) is 2.77. The molecule has 0 spiro atoms. The predicted octanol–water partition coefficient (Wildman–Crippen LogP) is 2.95. The lowest BCUT2D eigenvalue weighted by atomic mass is 10.3. The molecule has 0 saturated carbocycles. The Morgan fingerprint density at radius 3 is 3.00 bits per heavy atom. The van der Waals surface area contributed by atoms with Crippen molar-refractivity contribution in [3.8, 4) is 0 Å². The summed E-state index contributed by atoms with van der Waals surface area (Å²) in [5, 5.41) is 16.3. The minimum atomic E-state index is -0.389. The molecular formula is C10H8BrN3O3S. The van der Waals surface area contributed by atoms with E-state index in [1.165, 1.54) is 11.3 Å². The smallest absolute Gasteiger partial charge is 0.293 e. The van der Waals surface area contributed by atoms with Gasteiger partial charge in [-0.3, -0.25) is 10.1 Å². The van der Waals surface area contributed by atoms with E-state index < -0.39 is 0 Å². The number of nitrogens with zero attached hydrogens (tertiary/aromatic N) is 2. The number of carbonyl (C=O) groups excluding carboxylic acids is 1. The number of anilines is 1. The number of amides is 1. The number of thiazole rings is 1. The van der Waals surface area contributed by atoms with Gasteiger partial charge in [-0.15, -0.1) is 11.3 Å². The molecule has 2 heterocycles. The summed E-state index contributed by atoms with van der Waals surface area (Å²) in [6.45, 7) is 1.62. The van der Waals surface area contributed by atoms with Gasteiger partial charge >= 0.3 is 0 Å². The fourth-order valence-corrected chi connectivity index (χ4v) is 2.20. The van der Waals surface area contributed by atoms with Gasteiger partial charge in [-0.25, -0.2) is 4.98 Å². The van der Waals surface area contributed by atoms with E-state index in [9.17, 15) is 4.79 Å². The predicted molar refractivity (Wildman–Crippen MR) is 70.5 cm³/mol. The van der Waals surface area contributed by atoms with E-state index in [-0.39, 0.29) is 11.7 Å². The van der Waals surface area contributed by atoms with E-state index in [2.05, 4.69) is 31.4 Å². The number of hydrogen-bond acceptors (Lipinski definition) is 6. The van der Waals surface area contributed by atoms with E-state index in [1.54, 1.807) is 24.4 Å². The number of halogens is 1. The monoisotopic (exact) mass is 329 g/mol. The van der Waals surface area contributed by atoms with E-state index in [4.69, 9.17) is 9.62 Å². The van der Waals surface area contributed by atoms with Gasteiger partial charge in [0.1, 0.15) is 11.4 Å². The van der Waals surface area contributed by atoms with Gasteiger partial charge < -0.3 is 9.62 Å². The van der Waals surface area contributed by atoms with Crippen molar-refractivity contribution >= 4 is 44.0 Å². The number of rotatable bonds is 3. The first kappa shape index (κ1) is 12.8. The average Bonchev–Trinajstić information content (AvgIpc) is 2.97. The Hall–Kier alpha value is -1.67. The number of furan rings is 1. The van der Waals surface area contributed by atoms with Gasteiger partial charge in [-0.05, 0) is 35.0 Å². The van der Waals surface area contributed by atoms with Crippen LogP contribution >= 0.6 is 27.3 Å². The lowest BCUT2D eigenvalue weighted by molar-refractivity contribution is 0.0995. The quantitative estimate of drug-likeness (QED) is 0.514. The van der Waals surface area contributed by atoms with Crippen molar-refractivity contribution in [1.29, 1.82) is 0 Å². The highest BCUT2D eigenvalue weighted by Crippen LogP contribution is 2.19. The average molecular weight is 330 g/mol. The van der Waals surface area contributed by atoms with E-state index in [0.717, 1.165) is 0 Å². The molecule has 6 nitrogen and oxygen atoms in total. The molecular weight excluding hydrogens is 322 g/mol. The molecule has 0 aliphatic carbocycles. The molecule has 1 amide bonds. The van der Waals surface area contributed by atoms with Crippen molar-refractivity contribution in [3.63, 3.8) is 0 Å². The first-order valence-corrected chi connectivity index (χ1v) is 6.48. The van der Waals surface area contributed by atoms with Gasteiger partial charge in [0.05, 0.1) is 0 Å². The topological polar surface area (TPSA) is 87.7 Å². The third-order valence-corrected chi connectivity index (χ3v) is 3.23. The number of aromatic nitrogens is 1. The maximum atomic E-state index is 11.7. The maximum absolute atomic E-state index is 11.7. The van der Waals surface area contributed by atoms with Crippen LogP contribution < -0.4 is 5.32 Å². The zero-order valence-electron chi connectivity index (χ0n) is 9.18. The van der Waals surface area contributed by atoms with Crippen LogP contribution in [0.1, 0.15) is 23.2 Å². The largest absolute Gasteiger partial charge is 0.444 e. The van der Waals surface area contributed by atoms with Gasteiger partial charge in [0.15, 0.2) is 15.6 Å². The Morgan fingerprint density at radius 1 is 1.61 bits per heavy atom. The molecule has 0 saturated heterocycles. The van der Waals surface area contributed by atoms with Crippen LogP contribution in [0.3, 0.4) is 0 Å². The molecule has 0 atom stereocenters. The van der Waals surface area contributed by atoms with Crippen LogP contribution in [-0.4, -0.2) is 21.8 Å². The summed E-state index contributed by atoms with van der Waals surface area (Å²) in [7, 11) is 0. The highest BCUT2D eigenvalue weighted by molar-refractivity contribution is 9.10. The van der Waals surface area contributed by atoms with Gasteiger partial charge in [0, 0.05) is 5.38 Å². The van der Waals surface area contributed by atoms with Crippen molar-refractivity contribution in [2.45, 2.75) is 6.92 Å². The summed E-state index contributed by atoms with van der Waals surface area (Å²) in [4.78, 5) is 15.8. The van der Waals surface area contributed by atoms with Gasteiger partial charge in [0.2, 0.25) is 0 Å². The Morgan fingerprint density at radius 2 is 2.39 bits per heavy atom. The summed E-state index contributed by atoms with van der Waals surface area (Å²) in [6, 6.07) is 3.18. The van der Waals surface area contributed by atoms with Crippen LogP contribution in [0, 0.1) is 0 Å². The van der Waals surface area contributed by atoms with Crippen LogP contribution in [0.4, 0.5) is 5.13 Å². The van der Waals surface area contributed by atoms with Crippen molar-refractivity contribution in [1.82, 2.24) is 4.98 Å². The Labute approximate surface area is 114 Å². The van der Waals surface area contributed by atoms with Crippen LogP contribution in [0.2, 0.25) is 0 Å². The standard InChI is InChI=1S/C10H8BrN3O3S/c1-5(14-16)6-4-18-10(12-6)13-9(15)7-2-3-8(11)17-7/h2-4,16H,1H3,(H,12,13,15). The van der Waals surface area contributed by atoms with E-state index >= 15 is 0 Å². The maximum Gasteiger partial charge on any atom is 0.293 e. The van der Waals surface area contributed by atoms with Crippen molar-refractivity contribution < 1.29 is 14.4 Å². The molecule has 18 heavy (non-hydrogen) atoms. The van der Waals surface area contributed by atoms with Crippen molar-refractivity contribution in [2.75, 3.05) is 5.32 Å². The van der Waals surface area contributed by atoms with Crippen molar-refractivity contribution in [2.24, 2.45) is 5.16 Å². The molecule has 0 bridgehead atoms. The van der Waals surface area contributed by atoms with Crippen LogP contribution in [-0.2, 0) is 0 Å². The zero-order chi connectivity index (χ0) is 13.1. The van der Waals surface area contributed by atoms with Crippen LogP contribution in [0.25, 0.3) is 0 Å². The number of nitrogens with one attached hydrogen (secondary N) is 1. The van der Waals surface area contributed by atoms with E-state index in [0.29, 0.717) is 21.2 Å². The minimum absolute atomic E-state index is 0.186. The number of oxime groups is 1. The summed E-state index contributed by atoms with van der Waals surface area (Å²) in [5.74, 6) is -0.202. The molecule has 0 aliphatic heterocycles. The molecule has 0 aliphatic rings. The van der Waals surface area contributed by atoms with Gasteiger partial charge in [-0.2, -0.15) is 0 Å². The summed E-state index contributed by atoms with van der Waals surface area (Å²) in [6.07, 6.45) is 0. The second kappa shape index (κ2) is 5.32. The van der Waals surface area contributed by atoms with E-state index in [1.807, 2.05) is 0 Å². The molecule has 0 aromatic carbocycles. The van der Waals surface area contributed by atoms with Gasteiger partial charge in [0.25, 0.3) is 5.91 Å². The first-order chi connectivity index (χ1) is 8.60. The normalized spacial score (nSPS) is 11.6.